The Labute approximate surface area is 202 Å². The molecule has 1 N–H and O–H groups in total. The predicted octanol–water partition coefficient (Wildman–Crippen LogP) is 6.26. The SMILES string of the molecule is Cc1cc(-c2c(C)noc2C)cc(C)c1Oc1nc(Nc2ccc(C#N)cc2)nc2ccn(C)c12. The van der Waals surface area contributed by atoms with Crippen LogP contribution in [0.2, 0.25) is 0 Å². The maximum atomic E-state index is 9.04. The van der Waals surface area contributed by atoms with Crippen molar-refractivity contribution >= 4 is 22.7 Å². The Morgan fingerprint density at radius 3 is 2.34 bits per heavy atom. The van der Waals surface area contributed by atoms with Gasteiger partial charge in [0.15, 0.2) is 0 Å². The van der Waals surface area contributed by atoms with Crippen LogP contribution in [0.1, 0.15) is 28.1 Å². The molecule has 0 radical (unpaired) electrons. The quantitative estimate of drug-likeness (QED) is 0.327. The van der Waals surface area contributed by atoms with Gasteiger partial charge in [-0.2, -0.15) is 10.2 Å². The van der Waals surface area contributed by atoms with Crippen LogP contribution < -0.4 is 10.1 Å². The van der Waals surface area contributed by atoms with Gasteiger partial charge >= 0.3 is 0 Å². The third-order valence-electron chi connectivity index (χ3n) is 5.94. The third-order valence-corrected chi connectivity index (χ3v) is 5.94. The Morgan fingerprint density at radius 2 is 1.71 bits per heavy atom. The van der Waals surface area contributed by atoms with Gasteiger partial charge in [-0.1, -0.05) is 5.16 Å². The maximum absolute atomic E-state index is 9.04. The fourth-order valence-corrected chi connectivity index (χ4v) is 4.29. The molecule has 5 aromatic rings. The van der Waals surface area contributed by atoms with E-state index in [9.17, 15) is 0 Å². The topological polar surface area (TPSA) is 102 Å². The fourth-order valence-electron chi connectivity index (χ4n) is 4.29. The highest BCUT2D eigenvalue weighted by Gasteiger charge is 2.18. The number of benzene rings is 2. The van der Waals surface area contributed by atoms with Gasteiger partial charge < -0.3 is 19.1 Å². The third kappa shape index (κ3) is 4.08. The molecular weight excluding hydrogens is 440 g/mol. The molecule has 2 aromatic carbocycles. The Balaban J connectivity index is 1.54. The smallest absolute Gasteiger partial charge is 0.249 e. The van der Waals surface area contributed by atoms with Crippen LogP contribution in [-0.2, 0) is 7.05 Å². The average molecular weight is 465 g/mol. The second-order valence-corrected chi connectivity index (χ2v) is 8.57. The van der Waals surface area contributed by atoms with Gasteiger partial charge in [0.05, 0.1) is 22.8 Å². The summed E-state index contributed by atoms with van der Waals surface area (Å²) in [7, 11) is 1.94. The van der Waals surface area contributed by atoms with E-state index in [0.717, 1.165) is 56.2 Å². The van der Waals surface area contributed by atoms with E-state index < -0.39 is 0 Å². The van der Waals surface area contributed by atoms with E-state index in [1.54, 1.807) is 12.1 Å². The summed E-state index contributed by atoms with van der Waals surface area (Å²) < 4.78 is 13.7. The molecule has 3 heterocycles. The van der Waals surface area contributed by atoms with Crippen molar-refractivity contribution in [3.8, 4) is 28.8 Å². The van der Waals surface area contributed by atoms with Gasteiger partial charge in [-0.3, -0.25) is 0 Å². The summed E-state index contributed by atoms with van der Waals surface area (Å²) in [6.07, 6.45) is 1.93. The maximum Gasteiger partial charge on any atom is 0.249 e. The van der Waals surface area contributed by atoms with E-state index in [-0.39, 0.29) is 0 Å². The number of rotatable bonds is 5. The molecule has 0 amide bonds. The normalized spacial score (nSPS) is 11.0. The minimum absolute atomic E-state index is 0.408. The van der Waals surface area contributed by atoms with Gasteiger partial charge in [-0.05, 0) is 86.8 Å². The van der Waals surface area contributed by atoms with Gasteiger partial charge in [0.1, 0.15) is 17.0 Å². The number of hydrogen-bond donors (Lipinski definition) is 1. The van der Waals surface area contributed by atoms with Gasteiger partial charge in [-0.25, -0.2) is 4.98 Å². The number of nitrogens with zero attached hydrogens (tertiary/aromatic N) is 5. The highest BCUT2D eigenvalue weighted by Crippen LogP contribution is 2.37. The van der Waals surface area contributed by atoms with Crippen LogP contribution >= 0.6 is 0 Å². The zero-order chi connectivity index (χ0) is 24.7. The first-order chi connectivity index (χ1) is 16.8. The number of nitriles is 1. The molecule has 0 aliphatic rings. The average Bonchev–Trinajstić information content (AvgIpc) is 3.37. The molecule has 0 atom stereocenters. The summed E-state index contributed by atoms with van der Waals surface area (Å²) >= 11 is 0. The number of nitrogens with one attached hydrogen (secondary N) is 1. The number of aromatic nitrogens is 4. The predicted molar refractivity (Wildman–Crippen MR) is 134 cm³/mol. The van der Waals surface area contributed by atoms with Crippen LogP contribution in [0.3, 0.4) is 0 Å². The second-order valence-electron chi connectivity index (χ2n) is 8.57. The molecule has 0 unspecified atom stereocenters. The van der Waals surface area contributed by atoms with Crippen molar-refractivity contribution in [1.82, 2.24) is 19.7 Å². The van der Waals surface area contributed by atoms with E-state index in [4.69, 9.17) is 19.5 Å². The molecule has 3 aromatic heterocycles. The lowest BCUT2D eigenvalue weighted by Crippen LogP contribution is -2.02. The summed E-state index contributed by atoms with van der Waals surface area (Å²) in [6, 6.07) is 15.3. The summed E-state index contributed by atoms with van der Waals surface area (Å²) in [5.41, 5.74) is 7.77. The van der Waals surface area contributed by atoms with Crippen molar-refractivity contribution in [2.24, 2.45) is 7.05 Å². The fraction of sp³-hybridized carbons (Fsp3) is 0.185. The summed E-state index contributed by atoms with van der Waals surface area (Å²) in [5.74, 6) is 2.39. The molecule has 8 heteroatoms. The monoisotopic (exact) mass is 464 g/mol. The molecular formula is C27H24N6O2. The zero-order valence-electron chi connectivity index (χ0n) is 20.2. The Morgan fingerprint density at radius 1 is 1.00 bits per heavy atom. The van der Waals surface area contributed by atoms with Crippen molar-refractivity contribution < 1.29 is 9.26 Å². The van der Waals surface area contributed by atoms with E-state index >= 15 is 0 Å². The van der Waals surface area contributed by atoms with Crippen LogP contribution in [-0.4, -0.2) is 19.7 Å². The van der Waals surface area contributed by atoms with E-state index in [0.29, 0.717) is 17.4 Å². The summed E-state index contributed by atoms with van der Waals surface area (Å²) in [6.45, 7) is 7.89. The minimum atomic E-state index is 0.408. The van der Waals surface area contributed by atoms with Gasteiger partial charge in [0.2, 0.25) is 11.8 Å². The Kier molecular flexibility index (Phi) is 5.46. The first-order valence-electron chi connectivity index (χ1n) is 11.2. The molecule has 35 heavy (non-hydrogen) atoms. The summed E-state index contributed by atoms with van der Waals surface area (Å²) in [4.78, 5) is 9.34. The minimum Gasteiger partial charge on any atom is -0.436 e. The van der Waals surface area contributed by atoms with E-state index in [1.807, 2.05) is 63.7 Å². The van der Waals surface area contributed by atoms with E-state index in [2.05, 4.69) is 33.7 Å². The van der Waals surface area contributed by atoms with Crippen molar-refractivity contribution in [3.05, 3.63) is 76.8 Å². The van der Waals surface area contributed by atoms with Gasteiger partial charge in [0, 0.05) is 24.5 Å². The van der Waals surface area contributed by atoms with Gasteiger partial charge in [0.25, 0.3) is 0 Å². The molecule has 0 fully saturated rings. The van der Waals surface area contributed by atoms with Crippen LogP contribution in [0.25, 0.3) is 22.2 Å². The Bertz CT molecular complexity index is 1560. The van der Waals surface area contributed by atoms with Crippen LogP contribution in [0.4, 0.5) is 11.6 Å². The molecule has 0 spiro atoms. The molecule has 174 valence electrons. The molecule has 0 saturated carbocycles. The molecule has 8 nitrogen and oxygen atoms in total. The number of fused-ring (bicyclic) bond motifs is 1. The van der Waals surface area contributed by atoms with Crippen LogP contribution in [0.15, 0.2) is 53.2 Å². The second kappa shape index (κ2) is 8.61. The van der Waals surface area contributed by atoms with E-state index in [1.165, 1.54) is 0 Å². The largest absolute Gasteiger partial charge is 0.436 e. The highest BCUT2D eigenvalue weighted by atomic mass is 16.5. The van der Waals surface area contributed by atoms with Crippen molar-refractivity contribution in [1.29, 1.82) is 5.26 Å². The number of anilines is 2. The highest BCUT2D eigenvalue weighted by molar-refractivity contribution is 5.83. The standard InChI is InChI=1S/C27H24N6O2/c1-15-12-20(23-17(3)32-35-18(23)4)13-16(2)25(15)34-26-24-22(10-11-33(24)5)30-27(31-26)29-21-8-6-19(14-28)7-9-21/h6-13H,1-5H3,(H,29,30,31). The number of aryl methyl sites for hydroxylation is 5. The van der Waals surface area contributed by atoms with Crippen molar-refractivity contribution in [2.45, 2.75) is 27.7 Å². The molecule has 0 aliphatic carbocycles. The molecule has 0 aliphatic heterocycles. The van der Waals surface area contributed by atoms with Crippen LogP contribution in [0, 0.1) is 39.0 Å². The first-order valence-corrected chi connectivity index (χ1v) is 11.2. The molecule has 0 saturated heterocycles. The lowest BCUT2D eigenvalue weighted by atomic mass is 9.98. The van der Waals surface area contributed by atoms with Gasteiger partial charge in [-0.15, -0.1) is 0 Å². The Hall–Kier alpha value is -4.64. The lowest BCUT2D eigenvalue weighted by molar-refractivity contribution is 0.393. The van der Waals surface area contributed by atoms with Crippen molar-refractivity contribution in [2.75, 3.05) is 5.32 Å². The number of ether oxygens (including phenoxy) is 1. The lowest BCUT2D eigenvalue weighted by Gasteiger charge is -2.15. The van der Waals surface area contributed by atoms with Crippen LogP contribution in [0.5, 0.6) is 11.6 Å². The first kappa shape index (κ1) is 22.2. The summed E-state index contributed by atoms with van der Waals surface area (Å²) in [5, 5.41) is 16.3. The zero-order valence-corrected chi connectivity index (χ0v) is 20.2. The van der Waals surface area contributed by atoms with Crippen molar-refractivity contribution in [3.63, 3.8) is 0 Å². The molecule has 5 rings (SSSR count). The molecule has 0 bridgehead atoms. The number of hydrogen-bond acceptors (Lipinski definition) is 7.